The minimum atomic E-state index is -0.878. The van der Waals surface area contributed by atoms with Gasteiger partial charge in [0.2, 0.25) is 0 Å². The number of hydrogen-bond donors (Lipinski definition) is 0. The van der Waals surface area contributed by atoms with Gasteiger partial charge in [-0.2, -0.15) is 0 Å². The van der Waals surface area contributed by atoms with E-state index < -0.39 is 22.5 Å². The summed E-state index contributed by atoms with van der Waals surface area (Å²) in [5, 5.41) is -0.563. The molecule has 0 bridgehead atoms. The van der Waals surface area contributed by atoms with Crippen LogP contribution in [0.2, 0.25) is 5.02 Å². The number of fused-ring (bicyclic) bond motifs is 1. The van der Waals surface area contributed by atoms with Crippen LogP contribution >= 0.6 is 11.6 Å². The summed E-state index contributed by atoms with van der Waals surface area (Å²) >= 11 is 5.55. The summed E-state index contributed by atoms with van der Waals surface area (Å²) in [4.78, 5) is 0. The molecule has 2 aromatic carbocycles. The lowest BCUT2D eigenvalue weighted by Gasteiger charge is -2.42. The quantitative estimate of drug-likeness (QED) is 0.327. The Morgan fingerprint density at radius 2 is 1.60 bits per heavy atom. The standard InChI is InChI=1S/C26H28ClF3/c1-2-3-4-16-5-6-18-12-19(8-7-17(18)11-16)20-9-10-22(23(28)13-20)21-14-24(29)26(27)25(30)15-21/h2,9-10,13-19H,1,3-8,11-12H2. The van der Waals surface area contributed by atoms with E-state index in [-0.39, 0.29) is 11.1 Å². The molecule has 160 valence electrons. The summed E-state index contributed by atoms with van der Waals surface area (Å²) in [5.41, 5.74) is 1.36. The summed E-state index contributed by atoms with van der Waals surface area (Å²) in [6.45, 7) is 3.84. The normalized spacial score (nSPS) is 26.3. The van der Waals surface area contributed by atoms with Crippen LogP contribution in [-0.2, 0) is 0 Å². The van der Waals surface area contributed by atoms with E-state index in [1.54, 1.807) is 12.1 Å². The molecule has 2 aliphatic rings. The third-order valence-corrected chi connectivity index (χ3v) is 7.62. The second kappa shape index (κ2) is 9.18. The molecule has 0 aliphatic heterocycles. The topological polar surface area (TPSA) is 0 Å². The van der Waals surface area contributed by atoms with E-state index >= 15 is 0 Å². The first-order chi connectivity index (χ1) is 14.5. The molecule has 30 heavy (non-hydrogen) atoms. The molecule has 2 fully saturated rings. The number of halogens is 4. The average molecular weight is 433 g/mol. The van der Waals surface area contributed by atoms with Crippen molar-refractivity contribution in [2.24, 2.45) is 17.8 Å². The van der Waals surface area contributed by atoms with E-state index in [9.17, 15) is 13.2 Å². The van der Waals surface area contributed by atoms with E-state index in [4.69, 9.17) is 11.6 Å². The first-order valence-electron chi connectivity index (χ1n) is 11.0. The molecule has 0 aromatic heterocycles. The minimum absolute atomic E-state index is 0.167. The molecule has 0 radical (unpaired) electrons. The molecule has 0 spiro atoms. The molecular weight excluding hydrogens is 405 g/mol. The van der Waals surface area contributed by atoms with Gasteiger partial charge in [0.1, 0.15) is 22.5 Å². The van der Waals surface area contributed by atoms with Crippen molar-refractivity contribution >= 4 is 11.6 Å². The van der Waals surface area contributed by atoms with E-state index in [1.807, 2.05) is 12.1 Å². The minimum Gasteiger partial charge on any atom is -0.206 e. The Morgan fingerprint density at radius 3 is 2.30 bits per heavy atom. The second-order valence-corrected chi connectivity index (χ2v) is 9.45. The Balaban J connectivity index is 1.46. The van der Waals surface area contributed by atoms with Gasteiger partial charge in [0.05, 0.1) is 0 Å². The van der Waals surface area contributed by atoms with Crippen molar-refractivity contribution in [1.82, 2.24) is 0 Å². The Labute approximate surface area is 182 Å². The Bertz CT molecular complexity index is 899. The lowest BCUT2D eigenvalue weighted by Crippen LogP contribution is -2.30. The predicted molar refractivity (Wildman–Crippen MR) is 117 cm³/mol. The summed E-state index contributed by atoms with van der Waals surface area (Å²) in [7, 11) is 0. The van der Waals surface area contributed by atoms with E-state index in [1.165, 1.54) is 32.1 Å². The van der Waals surface area contributed by atoms with Gasteiger partial charge in [-0.15, -0.1) is 6.58 Å². The zero-order chi connectivity index (χ0) is 21.3. The molecule has 4 heteroatoms. The highest BCUT2D eigenvalue weighted by Crippen LogP contribution is 2.48. The highest BCUT2D eigenvalue weighted by atomic mass is 35.5. The molecule has 2 saturated carbocycles. The predicted octanol–water partition coefficient (Wildman–Crippen LogP) is 8.69. The van der Waals surface area contributed by atoms with Gasteiger partial charge >= 0.3 is 0 Å². The van der Waals surface area contributed by atoms with Crippen LogP contribution in [0, 0.1) is 35.2 Å². The van der Waals surface area contributed by atoms with Gasteiger partial charge in [-0.1, -0.05) is 36.2 Å². The third-order valence-electron chi connectivity index (χ3n) is 7.26. The van der Waals surface area contributed by atoms with Crippen LogP contribution in [0.4, 0.5) is 13.2 Å². The second-order valence-electron chi connectivity index (χ2n) is 9.07. The van der Waals surface area contributed by atoms with Gasteiger partial charge in [-0.25, -0.2) is 13.2 Å². The molecule has 0 nitrogen and oxygen atoms in total. The molecule has 0 heterocycles. The zero-order valence-corrected chi connectivity index (χ0v) is 17.9. The van der Waals surface area contributed by atoms with Crippen LogP contribution in [-0.4, -0.2) is 0 Å². The first-order valence-corrected chi connectivity index (χ1v) is 11.4. The molecule has 0 amide bonds. The van der Waals surface area contributed by atoms with Gasteiger partial charge in [0.15, 0.2) is 0 Å². The van der Waals surface area contributed by atoms with Crippen LogP contribution in [0.3, 0.4) is 0 Å². The molecule has 2 aliphatic carbocycles. The van der Waals surface area contributed by atoms with Gasteiger partial charge in [-0.3, -0.25) is 0 Å². The van der Waals surface area contributed by atoms with Crippen molar-refractivity contribution in [3.05, 3.63) is 71.0 Å². The van der Waals surface area contributed by atoms with Crippen molar-refractivity contribution in [3.8, 4) is 11.1 Å². The summed E-state index contributed by atoms with van der Waals surface area (Å²) in [6, 6.07) is 7.29. The Kier molecular flexibility index (Phi) is 6.57. The maximum Gasteiger partial charge on any atom is 0.145 e. The van der Waals surface area contributed by atoms with Crippen molar-refractivity contribution in [2.45, 2.75) is 57.3 Å². The zero-order valence-electron chi connectivity index (χ0n) is 17.1. The number of hydrogen-bond acceptors (Lipinski definition) is 0. The van der Waals surface area contributed by atoms with E-state index in [0.29, 0.717) is 5.92 Å². The fourth-order valence-electron chi connectivity index (χ4n) is 5.64. The maximum absolute atomic E-state index is 14.9. The molecule has 4 rings (SSSR count). The summed E-state index contributed by atoms with van der Waals surface area (Å²) < 4.78 is 42.4. The molecular formula is C26H28ClF3. The summed E-state index contributed by atoms with van der Waals surface area (Å²) in [5.74, 6) is 0.522. The van der Waals surface area contributed by atoms with Gasteiger partial charge in [0, 0.05) is 5.56 Å². The Hall–Kier alpha value is -1.74. The lowest BCUT2D eigenvalue weighted by atomic mass is 9.63. The van der Waals surface area contributed by atoms with E-state index in [2.05, 4.69) is 6.58 Å². The van der Waals surface area contributed by atoms with Gasteiger partial charge in [0.25, 0.3) is 0 Å². The third kappa shape index (κ3) is 4.46. The number of rotatable bonds is 5. The fourth-order valence-corrected chi connectivity index (χ4v) is 5.74. The van der Waals surface area contributed by atoms with Crippen molar-refractivity contribution in [2.75, 3.05) is 0 Å². The highest BCUT2D eigenvalue weighted by Gasteiger charge is 2.35. The lowest BCUT2D eigenvalue weighted by molar-refractivity contribution is 0.115. The monoisotopic (exact) mass is 432 g/mol. The van der Waals surface area contributed by atoms with Crippen molar-refractivity contribution in [1.29, 1.82) is 0 Å². The molecule has 4 atom stereocenters. The average Bonchev–Trinajstić information content (AvgIpc) is 2.75. The highest BCUT2D eigenvalue weighted by molar-refractivity contribution is 6.31. The SMILES string of the molecule is C=CCCC1CCC2CC(c3ccc(-c4cc(F)c(Cl)c(F)c4)c(F)c3)CCC2C1. The fraction of sp³-hybridized carbons (Fsp3) is 0.462. The number of benzene rings is 2. The van der Waals surface area contributed by atoms with Crippen LogP contribution in [0.1, 0.15) is 62.8 Å². The van der Waals surface area contributed by atoms with E-state index in [0.717, 1.165) is 54.7 Å². The van der Waals surface area contributed by atoms with Crippen molar-refractivity contribution < 1.29 is 13.2 Å². The summed E-state index contributed by atoms with van der Waals surface area (Å²) in [6.07, 6.45) is 11.7. The molecule has 2 aromatic rings. The van der Waals surface area contributed by atoms with Crippen LogP contribution < -0.4 is 0 Å². The van der Waals surface area contributed by atoms with Gasteiger partial charge < -0.3 is 0 Å². The largest absolute Gasteiger partial charge is 0.206 e. The Morgan fingerprint density at radius 1 is 0.900 bits per heavy atom. The van der Waals surface area contributed by atoms with Crippen LogP contribution in [0.15, 0.2) is 43.0 Å². The van der Waals surface area contributed by atoms with Gasteiger partial charge in [-0.05, 0) is 97.9 Å². The number of allylic oxidation sites excluding steroid dienone is 1. The molecule has 0 saturated heterocycles. The van der Waals surface area contributed by atoms with Crippen LogP contribution in [0.25, 0.3) is 11.1 Å². The first kappa shape index (κ1) is 21.5. The van der Waals surface area contributed by atoms with Crippen molar-refractivity contribution in [3.63, 3.8) is 0 Å². The molecule has 4 unspecified atom stereocenters. The molecule has 0 N–H and O–H groups in total. The van der Waals surface area contributed by atoms with Crippen LogP contribution in [0.5, 0.6) is 0 Å². The smallest absolute Gasteiger partial charge is 0.145 e. The maximum atomic E-state index is 14.9.